The van der Waals surface area contributed by atoms with E-state index in [1.54, 1.807) is 6.20 Å². The first-order valence-corrected chi connectivity index (χ1v) is 8.80. The van der Waals surface area contributed by atoms with Crippen molar-refractivity contribution in [2.75, 3.05) is 18.4 Å². The van der Waals surface area contributed by atoms with E-state index in [9.17, 15) is 9.90 Å². The Morgan fingerprint density at radius 3 is 2.70 bits per heavy atom. The molecule has 1 saturated heterocycles. The molecule has 1 aliphatic heterocycles. The number of hydrogen-bond donors (Lipinski definition) is 2. The normalized spacial score (nSPS) is 26.9. The van der Waals surface area contributed by atoms with Crippen LogP contribution in [0.4, 0.5) is 5.82 Å². The van der Waals surface area contributed by atoms with Gasteiger partial charge < -0.3 is 10.4 Å². The minimum absolute atomic E-state index is 0.0494. The summed E-state index contributed by atoms with van der Waals surface area (Å²) in [6.07, 6.45) is 7.60. The largest absolute Gasteiger partial charge is 0.391 e. The van der Waals surface area contributed by atoms with Gasteiger partial charge in [0.2, 0.25) is 5.91 Å². The molecule has 23 heavy (non-hydrogen) atoms. The van der Waals surface area contributed by atoms with E-state index in [2.05, 4.69) is 15.2 Å². The molecule has 2 atom stereocenters. The van der Waals surface area contributed by atoms with E-state index in [-0.39, 0.29) is 17.9 Å². The maximum atomic E-state index is 12.4. The molecule has 0 unspecified atom stereocenters. The van der Waals surface area contributed by atoms with Gasteiger partial charge in [-0.25, -0.2) is 4.98 Å². The Kier molecular flexibility index (Phi) is 5.28. The first-order valence-electron chi connectivity index (χ1n) is 8.80. The number of aryl methyl sites for hydroxylation is 1. The molecule has 1 saturated carbocycles. The molecule has 3 rings (SSSR count). The third kappa shape index (κ3) is 3.90. The molecule has 2 heterocycles. The van der Waals surface area contributed by atoms with Crippen LogP contribution in [-0.2, 0) is 4.79 Å². The van der Waals surface area contributed by atoms with Gasteiger partial charge in [0.15, 0.2) is 0 Å². The van der Waals surface area contributed by atoms with Crippen molar-refractivity contribution in [3.8, 4) is 0 Å². The minimum Gasteiger partial charge on any atom is -0.391 e. The van der Waals surface area contributed by atoms with E-state index in [1.165, 1.54) is 6.42 Å². The monoisotopic (exact) mass is 317 g/mol. The van der Waals surface area contributed by atoms with Gasteiger partial charge in [-0.3, -0.25) is 9.69 Å². The van der Waals surface area contributed by atoms with Crippen molar-refractivity contribution in [3.05, 3.63) is 23.9 Å². The van der Waals surface area contributed by atoms with Crippen LogP contribution in [0.15, 0.2) is 18.3 Å². The highest BCUT2D eigenvalue weighted by Gasteiger charge is 2.33. The van der Waals surface area contributed by atoms with Gasteiger partial charge in [-0.05, 0) is 57.3 Å². The molecule has 1 amide bonds. The number of pyridine rings is 1. The molecule has 0 bridgehead atoms. The van der Waals surface area contributed by atoms with Crippen molar-refractivity contribution in [1.82, 2.24) is 9.88 Å². The fraction of sp³-hybridized carbons (Fsp3) is 0.667. The van der Waals surface area contributed by atoms with Crippen LogP contribution in [-0.4, -0.2) is 46.1 Å². The maximum absolute atomic E-state index is 12.4. The highest BCUT2D eigenvalue weighted by atomic mass is 16.3. The SMILES string of the molecule is Cc1cccnc1NC(=O)C1CCN([C@H]2CCCC[C@@H]2O)CC1. The van der Waals surface area contributed by atoms with E-state index in [1.807, 2.05) is 19.1 Å². The predicted molar refractivity (Wildman–Crippen MR) is 90.2 cm³/mol. The predicted octanol–water partition coefficient (Wildman–Crippen LogP) is 2.34. The molecule has 1 aromatic rings. The Bertz CT molecular complexity index is 541. The molecule has 5 nitrogen and oxygen atoms in total. The van der Waals surface area contributed by atoms with E-state index >= 15 is 0 Å². The van der Waals surface area contributed by atoms with Crippen LogP contribution in [0, 0.1) is 12.8 Å². The van der Waals surface area contributed by atoms with E-state index in [0.29, 0.717) is 11.9 Å². The first kappa shape index (κ1) is 16.4. The molecule has 0 spiro atoms. The summed E-state index contributed by atoms with van der Waals surface area (Å²) in [4.78, 5) is 19.1. The van der Waals surface area contributed by atoms with Gasteiger partial charge in [-0.2, -0.15) is 0 Å². The van der Waals surface area contributed by atoms with Gasteiger partial charge in [-0.15, -0.1) is 0 Å². The van der Waals surface area contributed by atoms with Crippen LogP contribution in [0.1, 0.15) is 44.1 Å². The molecule has 5 heteroatoms. The van der Waals surface area contributed by atoms with Crippen LogP contribution in [0.25, 0.3) is 0 Å². The number of piperidine rings is 1. The third-order valence-corrected chi connectivity index (χ3v) is 5.31. The van der Waals surface area contributed by atoms with Crippen molar-refractivity contribution in [2.24, 2.45) is 5.92 Å². The summed E-state index contributed by atoms with van der Waals surface area (Å²) >= 11 is 0. The lowest BCUT2D eigenvalue weighted by Crippen LogP contribution is -2.49. The van der Waals surface area contributed by atoms with Crippen molar-refractivity contribution in [3.63, 3.8) is 0 Å². The van der Waals surface area contributed by atoms with Crippen LogP contribution >= 0.6 is 0 Å². The second kappa shape index (κ2) is 7.41. The van der Waals surface area contributed by atoms with Crippen molar-refractivity contribution in [2.45, 2.75) is 57.6 Å². The number of anilines is 1. The minimum atomic E-state index is -0.190. The van der Waals surface area contributed by atoms with Crippen LogP contribution in [0.3, 0.4) is 0 Å². The number of carbonyl (C=O) groups excluding carboxylic acids is 1. The fourth-order valence-electron chi connectivity index (χ4n) is 3.85. The highest BCUT2D eigenvalue weighted by Crippen LogP contribution is 2.28. The first-order chi connectivity index (χ1) is 11.1. The highest BCUT2D eigenvalue weighted by molar-refractivity contribution is 5.92. The maximum Gasteiger partial charge on any atom is 0.228 e. The second-order valence-corrected chi connectivity index (χ2v) is 6.89. The third-order valence-electron chi connectivity index (χ3n) is 5.31. The number of carbonyl (C=O) groups is 1. The van der Waals surface area contributed by atoms with Crippen LogP contribution in [0.5, 0.6) is 0 Å². The second-order valence-electron chi connectivity index (χ2n) is 6.89. The van der Waals surface area contributed by atoms with E-state index in [0.717, 1.165) is 50.8 Å². The lowest BCUT2D eigenvalue weighted by Gasteiger charge is -2.41. The van der Waals surface area contributed by atoms with Crippen molar-refractivity contribution >= 4 is 11.7 Å². The molecular formula is C18H27N3O2. The molecule has 126 valence electrons. The molecular weight excluding hydrogens is 290 g/mol. The number of nitrogens with zero attached hydrogens (tertiary/aromatic N) is 2. The zero-order chi connectivity index (χ0) is 16.2. The molecule has 2 N–H and O–H groups in total. The van der Waals surface area contributed by atoms with Gasteiger partial charge >= 0.3 is 0 Å². The zero-order valence-electron chi connectivity index (χ0n) is 13.9. The van der Waals surface area contributed by atoms with Gasteiger partial charge in [0.25, 0.3) is 0 Å². The van der Waals surface area contributed by atoms with Gasteiger partial charge in [0.1, 0.15) is 5.82 Å². The number of amides is 1. The Labute approximate surface area is 138 Å². The summed E-state index contributed by atoms with van der Waals surface area (Å²) in [6.45, 7) is 3.76. The number of rotatable bonds is 3. The molecule has 0 aromatic carbocycles. The van der Waals surface area contributed by atoms with Crippen molar-refractivity contribution < 1.29 is 9.90 Å². The summed E-state index contributed by atoms with van der Waals surface area (Å²) in [5.74, 6) is 0.798. The lowest BCUT2D eigenvalue weighted by atomic mass is 9.88. The number of likely N-dealkylation sites (tertiary alicyclic amines) is 1. The zero-order valence-corrected chi connectivity index (χ0v) is 13.9. The molecule has 2 aliphatic rings. The van der Waals surface area contributed by atoms with Crippen molar-refractivity contribution in [1.29, 1.82) is 0 Å². The lowest BCUT2D eigenvalue weighted by molar-refractivity contribution is -0.121. The molecule has 2 fully saturated rings. The number of aliphatic hydroxyl groups excluding tert-OH is 1. The summed E-state index contributed by atoms with van der Waals surface area (Å²) in [5, 5.41) is 13.2. The smallest absolute Gasteiger partial charge is 0.228 e. The Balaban J connectivity index is 1.52. The molecule has 0 radical (unpaired) electrons. The summed E-state index contributed by atoms with van der Waals surface area (Å²) in [5.41, 5.74) is 0.989. The summed E-state index contributed by atoms with van der Waals surface area (Å²) in [7, 11) is 0. The topological polar surface area (TPSA) is 65.5 Å². The molecule has 1 aromatic heterocycles. The average Bonchev–Trinajstić information content (AvgIpc) is 2.57. The number of aliphatic hydroxyl groups is 1. The van der Waals surface area contributed by atoms with Gasteiger partial charge in [0, 0.05) is 18.2 Å². The van der Waals surface area contributed by atoms with Gasteiger partial charge in [-0.1, -0.05) is 18.9 Å². The van der Waals surface area contributed by atoms with E-state index < -0.39 is 0 Å². The Morgan fingerprint density at radius 2 is 2.00 bits per heavy atom. The quantitative estimate of drug-likeness (QED) is 0.898. The molecule has 1 aliphatic carbocycles. The van der Waals surface area contributed by atoms with Gasteiger partial charge in [0.05, 0.1) is 6.10 Å². The summed E-state index contributed by atoms with van der Waals surface area (Å²) in [6, 6.07) is 4.13. The standard InChI is InChI=1S/C18H27N3O2/c1-13-5-4-10-19-17(13)20-18(23)14-8-11-21(12-9-14)15-6-2-3-7-16(15)22/h4-5,10,14-16,22H,2-3,6-9,11-12H2,1H3,(H,19,20,23)/t15-,16-/m0/s1. The average molecular weight is 317 g/mol. The van der Waals surface area contributed by atoms with Crippen LogP contribution in [0.2, 0.25) is 0 Å². The summed E-state index contributed by atoms with van der Waals surface area (Å²) < 4.78 is 0. The Hall–Kier alpha value is -1.46. The number of nitrogens with one attached hydrogen (secondary N) is 1. The number of hydrogen-bond acceptors (Lipinski definition) is 4. The fourth-order valence-corrected chi connectivity index (χ4v) is 3.85. The number of aromatic nitrogens is 1. The Morgan fingerprint density at radius 1 is 1.26 bits per heavy atom. The van der Waals surface area contributed by atoms with Crippen LogP contribution < -0.4 is 5.32 Å². The van der Waals surface area contributed by atoms with E-state index in [4.69, 9.17) is 0 Å².